The van der Waals surface area contributed by atoms with Gasteiger partial charge in [-0.3, -0.25) is 5.10 Å². The van der Waals surface area contributed by atoms with Crippen molar-refractivity contribution in [1.82, 2.24) is 15.0 Å². The van der Waals surface area contributed by atoms with Crippen LogP contribution in [-0.4, -0.2) is 21.0 Å². The number of nitrogens with two attached hydrogens (primary N) is 1. The maximum absolute atomic E-state index is 11.1. The Morgan fingerprint density at radius 3 is 2.86 bits per heavy atom. The third-order valence-corrected chi connectivity index (χ3v) is 1.92. The van der Waals surface area contributed by atoms with Crippen LogP contribution in [0.15, 0.2) is 36.5 Å². The number of carbonyl (C=O) groups is 1. The van der Waals surface area contributed by atoms with Crippen LogP contribution in [-0.2, 0) is 0 Å². The minimum Gasteiger partial charge on any atom is -0.350 e. The predicted molar refractivity (Wildman–Crippen MR) is 53.2 cm³/mol. The molecule has 0 aliphatic carbocycles. The fourth-order valence-corrected chi connectivity index (χ4v) is 1.30. The van der Waals surface area contributed by atoms with Gasteiger partial charge in [0.1, 0.15) is 0 Å². The summed E-state index contributed by atoms with van der Waals surface area (Å²) in [6.45, 7) is 0. The smallest absolute Gasteiger partial charge is 0.339 e. The van der Waals surface area contributed by atoms with Crippen molar-refractivity contribution in [2.24, 2.45) is 5.73 Å². The van der Waals surface area contributed by atoms with Crippen LogP contribution in [0, 0.1) is 0 Å². The van der Waals surface area contributed by atoms with E-state index in [-0.39, 0.29) is 0 Å². The summed E-state index contributed by atoms with van der Waals surface area (Å²) >= 11 is 0. The van der Waals surface area contributed by atoms with E-state index in [1.54, 1.807) is 6.20 Å². The Bertz CT molecular complexity index is 504. The fraction of sp³-hybridized carbons (Fsp3) is 0. The molecule has 1 aromatic heterocycles. The molecule has 0 fully saturated rings. The molecule has 0 bridgehead atoms. The topological polar surface area (TPSA) is 79.6 Å². The van der Waals surface area contributed by atoms with E-state index in [0.717, 1.165) is 10.9 Å². The van der Waals surface area contributed by atoms with Crippen molar-refractivity contribution in [2.75, 3.05) is 0 Å². The second kappa shape index (κ2) is 3.29. The van der Waals surface area contributed by atoms with E-state index >= 15 is 0 Å². The number of rotatable bonds is 0. The molecule has 1 heterocycles. The number of benzene rings is 1. The summed E-state index contributed by atoms with van der Waals surface area (Å²) in [5.41, 5.74) is 5.93. The number of para-hydroxylation sites is 1. The summed E-state index contributed by atoms with van der Waals surface area (Å²) in [4.78, 5) is 11.1. The summed E-state index contributed by atoms with van der Waals surface area (Å²) in [5, 5.41) is 6.30. The predicted octanol–water partition coefficient (Wildman–Crippen LogP) is 1.35. The number of H-pyrrole nitrogens is 2. The molecule has 0 saturated heterocycles. The molecule has 0 spiro atoms. The van der Waals surface area contributed by atoms with Crippen LogP contribution in [0.1, 0.15) is 0 Å². The van der Waals surface area contributed by atoms with Gasteiger partial charge in [0.25, 0.3) is 0 Å². The molecule has 1 amide bonds. The number of amides is 1. The second-order valence-corrected chi connectivity index (χ2v) is 2.82. The molecule has 0 atom stereocenters. The third-order valence-electron chi connectivity index (χ3n) is 1.92. The number of hydrogen-bond donors (Lipinski definition) is 3. The fourth-order valence-electron chi connectivity index (χ4n) is 1.30. The quantitative estimate of drug-likeness (QED) is 0.576. The molecule has 2 aromatic rings. The summed E-state index contributed by atoms with van der Waals surface area (Å²) < 4.78 is 1.25. The van der Waals surface area contributed by atoms with Gasteiger partial charge in [-0.2, -0.15) is 4.68 Å². The van der Waals surface area contributed by atoms with Gasteiger partial charge in [-0.15, -0.1) is 0 Å². The largest absolute Gasteiger partial charge is 0.350 e. The Labute approximate surface area is 79.8 Å². The Hall–Kier alpha value is -2.17. The standard InChI is InChI=1S/C9H10N4O/c10-9(14)13-8-4-2-1-3-7(8)5-6-11-12-13/h1-6,11-12H,(H2,10,14). The molecular formula is C9H10N4O. The number of carbonyl (C=O) groups excluding carboxylic acids is 1. The normalized spacial score (nSPS) is 10.0. The number of nitrogens with one attached hydrogen (secondary N) is 2. The highest BCUT2D eigenvalue weighted by Gasteiger charge is 1.99. The van der Waals surface area contributed by atoms with E-state index < -0.39 is 6.03 Å². The molecule has 0 saturated carbocycles. The lowest BCUT2D eigenvalue weighted by molar-refractivity contribution is 0.247. The number of hydrogen-bond acceptors (Lipinski definition) is 1. The summed E-state index contributed by atoms with van der Waals surface area (Å²) in [6, 6.07) is 8.74. The number of primary amides is 1. The van der Waals surface area contributed by atoms with Crippen molar-refractivity contribution in [3.05, 3.63) is 36.5 Å². The lowest BCUT2D eigenvalue weighted by Crippen LogP contribution is -2.22. The minimum absolute atomic E-state index is 0.561. The lowest BCUT2D eigenvalue weighted by Gasteiger charge is -2.00. The van der Waals surface area contributed by atoms with Gasteiger partial charge in [0.2, 0.25) is 0 Å². The number of fused-ring (bicyclic) bond motifs is 1. The molecule has 1 aromatic carbocycles. The van der Waals surface area contributed by atoms with E-state index in [0.29, 0.717) is 0 Å². The molecule has 0 aliphatic heterocycles. The number of aromatic nitrogens is 3. The van der Waals surface area contributed by atoms with Crippen molar-refractivity contribution >= 4 is 16.9 Å². The van der Waals surface area contributed by atoms with Gasteiger partial charge in [0, 0.05) is 11.6 Å². The Balaban J connectivity index is 2.91. The van der Waals surface area contributed by atoms with Gasteiger partial charge < -0.3 is 5.73 Å². The van der Waals surface area contributed by atoms with Gasteiger partial charge >= 0.3 is 6.03 Å². The maximum atomic E-state index is 11.1. The highest BCUT2D eigenvalue weighted by Crippen LogP contribution is 2.09. The zero-order valence-electron chi connectivity index (χ0n) is 7.40. The van der Waals surface area contributed by atoms with Crippen LogP contribution in [0.5, 0.6) is 0 Å². The van der Waals surface area contributed by atoms with E-state index in [1.165, 1.54) is 4.68 Å². The van der Waals surface area contributed by atoms with E-state index in [2.05, 4.69) is 10.3 Å². The summed E-state index contributed by atoms with van der Waals surface area (Å²) in [7, 11) is 0. The second-order valence-electron chi connectivity index (χ2n) is 2.82. The molecular weight excluding hydrogens is 180 g/mol. The molecule has 0 unspecified atom stereocenters. The van der Waals surface area contributed by atoms with E-state index in [4.69, 9.17) is 5.73 Å². The average Bonchev–Trinajstić information content (AvgIpc) is 2.39. The summed E-state index contributed by atoms with van der Waals surface area (Å²) in [6.07, 6.45) is 1.70. The van der Waals surface area contributed by atoms with Crippen LogP contribution < -0.4 is 5.73 Å². The van der Waals surface area contributed by atoms with Crippen LogP contribution in [0.2, 0.25) is 0 Å². The Kier molecular flexibility index (Phi) is 1.98. The molecule has 0 aliphatic rings. The highest BCUT2D eigenvalue weighted by atomic mass is 16.2. The minimum atomic E-state index is -0.561. The van der Waals surface area contributed by atoms with Gasteiger partial charge in [-0.25, -0.2) is 10.0 Å². The lowest BCUT2D eigenvalue weighted by atomic mass is 10.2. The van der Waals surface area contributed by atoms with Crippen molar-refractivity contribution < 1.29 is 4.79 Å². The van der Waals surface area contributed by atoms with E-state index in [1.807, 2.05) is 30.3 Å². The third kappa shape index (κ3) is 1.35. The van der Waals surface area contributed by atoms with Crippen molar-refractivity contribution in [1.29, 1.82) is 0 Å². The van der Waals surface area contributed by atoms with Gasteiger partial charge in [-0.05, 0) is 12.1 Å². The zero-order chi connectivity index (χ0) is 9.97. The zero-order valence-corrected chi connectivity index (χ0v) is 7.40. The SMILES string of the molecule is NC(=O)n1[nH][nH]ccc2ccccc21. The number of aromatic amines is 2. The van der Waals surface area contributed by atoms with Crippen LogP contribution >= 0.6 is 0 Å². The van der Waals surface area contributed by atoms with Gasteiger partial charge in [0.15, 0.2) is 0 Å². The number of nitrogens with zero attached hydrogens (tertiary/aromatic N) is 1. The average molecular weight is 190 g/mol. The molecule has 14 heavy (non-hydrogen) atoms. The molecule has 2 rings (SSSR count). The summed E-state index contributed by atoms with van der Waals surface area (Å²) in [5.74, 6) is 0. The van der Waals surface area contributed by atoms with E-state index in [9.17, 15) is 4.79 Å². The maximum Gasteiger partial charge on any atom is 0.339 e. The van der Waals surface area contributed by atoms with Crippen LogP contribution in [0.25, 0.3) is 10.9 Å². The first-order valence-electron chi connectivity index (χ1n) is 4.15. The first kappa shape index (κ1) is 8.43. The van der Waals surface area contributed by atoms with Crippen molar-refractivity contribution in [3.8, 4) is 0 Å². The van der Waals surface area contributed by atoms with Gasteiger partial charge in [0.05, 0.1) is 5.52 Å². The van der Waals surface area contributed by atoms with Crippen molar-refractivity contribution in [2.45, 2.75) is 0 Å². The Morgan fingerprint density at radius 1 is 1.29 bits per heavy atom. The highest BCUT2D eigenvalue weighted by molar-refractivity contribution is 5.87. The van der Waals surface area contributed by atoms with Crippen molar-refractivity contribution in [3.63, 3.8) is 0 Å². The van der Waals surface area contributed by atoms with Crippen LogP contribution in [0.4, 0.5) is 4.79 Å². The molecule has 0 radical (unpaired) electrons. The first-order valence-corrected chi connectivity index (χ1v) is 4.15. The molecule has 72 valence electrons. The molecule has 4 N–H and O–H groups in total. The first-order chi connectivity index (χ1) is 6.79. The monoisotopic (exact) mass is 190 g/mol. The molecule has 5 heteroatoms. The van der Waals surface area contributed by atoms with Crippen LogP contribution in [0.3, 0.4) is 0 Å². The molecule has 5 nitrogen and oxygen atoms in total. The van der Waals surface area contributed by atoms with Gasteiger partial charge in [-0.1, -0.05) is 18.2 Å². The Morgan fingerprint density at radius 2 is 2.07 bits per heavy atom.